The van der Waals surface area contributed by atoms with E-state index in [2.05, 4.69) is 27.8 Å². The minimum Gasteiger partial charge on any atom is -0.310 e. The molecule has 1 aromatic carbocycles. The molecule has 3 heteroatoms. The maximum absolute atomic E-state index is 13.8. The molecule has 1 atom stereocenters. The third-order valence-electron chi connectivity index (χ3n) is 2.45. The van der Waals surface area contributed by atoms with Crippen LogP contribution >= 0.6 is 15.9 Å². The quantitative estimate of drug-likeness (QED) is 0.773. The van der Waals surface area contributed by atoms with Gasteiger partial charge >= 0.3 is 0 Å². The van der Waals surface area contributed by atoms with E-state index in [-0.39, 0.29) is 11.9 Å². The van der Waals surface area contributed by atoms with Crippen LogP contribution in [0.25, 0.3) is 0 Å². The Bertz CT molecular complexity index is 352. The van der Waals surface area contributed by atoms with Crippen molar-refractivity contribution in [3.63, 3.8) is 0 Å². The van der Waals surface area contributed by atoms with Crippen LogP contribution in [0.15, 0.2) is 35.3 Å². The summed E-state index contributed by atoms with van der Waals surface area (Å²) < 4.78 is 14.5. The Morgan fingerprint density at radius 3 is 2.88 bits per heavy atom. The van der Waals surface area contributed by atoms with Crippen LogP contribution < -0.4 is 5.32 Å². The highest BCUT2D eigenvalue weighted by Crippen LogP contribution is 2.24. The highest BCUT2D eigenvalue weighted by Gasteiger charge is 2.13. The Morgan fingerprint density at radius 2 is 2.31 bits per heavy atom. The second-order valence-corrected chi connectivity index (χ2v) is 4.56. The van der Waals surface area contributed by atoms with Crippen molar-refractivity contribution in [2.24, 2.45) is 0 Å². The number of benzene rings is 1. The van der Waals surface area contributed by atoms with Gasteiger partial charge in [-0.1, -0.05) is 35.0 Å². The van der Waals surface area contributed by atoms with E-state index >= 15 is 0 Å². The third-order valence-corrected chi connectivity index (χ3v) is 2.94. The zero-order chi connectivity index (χ0) is 12.0. The van der Waals surface area contributed by atoms with E-state index in [0.29, 0.717) is 0 Å². The fourth-order valence-corrected chi connectivity index (χ4v) is 2.02. The van der Waals surface area contributed by atoms with E-state index in [0.717, 1.165) is 29.4 Å². The maximum atomic E-state index is 13.8. The van der Waals surface area contributed by atoms with Gasteiger partial charge in [-0.25, -0.2) is 4.39 Å². The molecule has 16 heavy (non-hydrogen) atoms. The summed E-state index contributed by atoms with van der Waals surface area (Å²) >= 11 is 3.26. The average molecular weight is 286 g/mol. The van der Waals surface area contributed by atoms with Gasteiger partial charge in [-0.05, 0) is 31.5 Å². The Balaban J connectivity index is 2.86. The molecule has 1 rings (SSSR count). The lowest BCUT2D eigenvalue weighted by atomic mass is 10.0. The molecule has 1 nitrogen and oxygen atoms in total. The van der Waals surface area contributed by atoms with Crippen molar-refractivity contribution in [2.75, 3.05) is 6.54 Å². The van der Waals surface area contributed by atoms with Crippen LogP contribution in [-0.2, 0) is 0 Å². The fraction of sp³-hybridized carbons (Fsp3) is 0.385. The van der Waals surface area contributed by atoms with Gasteiger partial charge in [0.1, 0.15) is 5.82 Å². The number of halogens is 2. The molecule has 0 aromatic heterocycles. The topological polar surface area (TPSA) is 12.0 Å². The molecule has 0 saturated heterocycles. The Hall–Kier alpha value is -0.670. The van der Waals surface area contributed by atoms with E-state index in [4.69, 9.17) is 0 Å². The molecule has 1 aromatic rings. The van der Waals surface area contributed by atoms with Gasteiger partial charge in [0.2, 0.25) is 0 Å². The number of hydrogen-bond acceptors (Lipinski definition) is 1. The SMILES string of the molecule is C=CCCC(NCC)c1ccc(Br)cc1F. The van der Waals surface area contributed by atoms with Crippen molar-refractivity contribution in [3.8, 4) is 0 Å². The largest absolute Gasteiger partial charge is 0.310 e. The number of allylic oxidation sites excluding steroid dienone is 1. The van der Waals surface area contributed by atoms with Gasteiger partial charge in [-0.2, -0.15) is 0 Å². The van der Waals surface area contributed by atoms with Gasteiger partial charge in [0.25, 0.3) is 0 Å². The van der Waals surface area contributed by atoms with E-state index < -0.39 is 0 Å². The molecule has 88 valence electrons. The lowest BCUT2D eigenvalue weighted by Crippen LogP contribution is -2.21. The Labute approximate surface area is 105 Å². The van der Waals surface area contributed by atoms with Crippen LogP contribution in [0.2, 0.25) is 0 Å². The van der Waals surface area contributed by atoms with Crippen LogP contribution in [-0.4, -0.2) is 6.54 Å². The summed E-state index contributed by atoms with van der Waals surface area (Å²) in [7, 11) is 0. The molecule has 0 aliphatic carbocycles. The standard InChI is InChI=1S/C13H17BrFN/c1-3-5-6-13(16-4-2)11-8-7-10(14)9-12(11)15/h3,7-9,13,16H,1,4-6H2,2H3. The van der Waals surface area contributed by atoms with E-state index in [1.807, 2.05) is 25.1 Å². The lowest BCUT2D eigenvalue weighted by Gasteiger charge is -2.18. The smallest absolute Gasteiger partial charge is 0.129 e. The predicted octanol–water partition coefficient (Wildman–Crippen LogP) is 4.21. The second-order valence-electron chi connectivity index (χ2n) is 3.64. The van der Waals surface area contributed by atoms with Crippen molar-refractivity contribution >= 4 is 15.9 Å². The van der Waals surface area contributed by atoms with Crippen molar-refractivity contribution in [1.29, 1.82) is 0 Å². The molecule has 0 aliphatic rings. The summed E-state index contributed by atoms with van der Waals surface area (Å²) in [6.07, 6.45) is 3.62. The summed E-state index contributed by atoms with van der Waals surface area (Å²) in [6, 6.07) is 5.27. The zero-order valence-electron chi connectivity index (χ0n) is 9.47. The zero-order valence-corrected chi connectivity index (χ0v) is 11.1. The molecule has 0 amide bonds. The summed E-state index contributed by atoms with van der Waals surface area (Å²) in [4.78, 5) is 0. The molecule has 0 fully saturated rings. The number of nitrogens with one attached hydrogen (secondary N) is 1. The first-order chi connectivity index (χ1) is 7.69. The van der Waals surface area contributed by atoms with Gasteiger partial charge in [-0.15, -0.1) is 6.58 Å². The number of rotatable bonds is 6. The molecule has 0 bridgehead atoms. The van der Waals surface area contributed by atoms with Gasteiger partial charge in [0.15, 0.2) is 0 Å². The summed E-state index contributed by atoms with van der Waals surface area (Å²) in [5.74, 6) is -0.163. The first-order valence-electron chi connectivity index (χ1n) is 5.48. The normalized spacial score (nSPS) is 12.4. The first kappa shape index (κ1) is 13.4. The van der Waals surface area contributed by atoms with Crippen molar-refractivity contribution in [3.05, 3.63) is 46.7 Å². The minimum absolute atomic E-state index is 0.0658. The molecular weight excluding hydrogens is 269 g/mol. The van der Waals surface area contributed by atoms with Crippen LogP contribution in [0.5, 0.6) is 0 Å². The second kappa shape index (κ2) is 6.81. The van der Waals surface area contributed by atoms with E-state index in [1.165, 1.54) is 6.07 Å². The average Bonchev–Trinajstić information content (AvgIpc) is 2.25. The molecule has 0 spiro atoms. The van der Waals surface area contributed by atoms with Crippen molar-refractivity contribution in [1.82, 2.24) is 5.32 Å². The number of hydrogen-bond donors (Lipinski definition) is 1. The molecule has 0 saturated carbocycles. The van der Waals surface area contributed by atoms with Gasteiger partial charge < -0.3 is 5.32 Å². The molecule has 0 heterocycles. The highest BCUT2D eigenvalue weighted by molar-refractivity contribution is 9.10. The fourth-order valence-electron chi connectivity index (χ4n) is 1.68. The third kappa shape index (κ3) is 3.72. The van der Waals surface area contributed by atoms with Crippen molar-refractivity contribution in [2.45, 2.75) is 25.8 Å². The maximum Gasteiger partial charge on any atom is 0.129 e. The summed E-state index contributed by atoms with van der Waals surface area (Å²) in [5, 5.41) is 3.29. The Kier molecular flexibility index (Phi) is 5.71. The van der Waals surface area contributed by atoms with E-state index in [1.54, 1.807) is 0 Å². The van der Waals surface area contributed by atoms with Gasteiger partial charge in [-0.3, -0.25) is 0 Å². The van der Waals surface area contributed by atoms with Crippen molar-refractivity contribution < 1.29 is 4.39 Å². The van der Waals surface area contributed by atoms with Crippen LogP contribution in [0, 0.1) is 5.82 Å². The first-order valence-corrected chi connectivity index (χ1v) is 6.27. The van der Waals surface area contributed by atoms with Crippen LogP contribution in [0.3, 0.4) is 0 Å². The molecule has 0 radical (unpaired) electrons. The Morgan fingerprint density at radius 1 is 1.56 bits per heavy atom. The summed E-state index contributed by atoms with van der Waals surface area (Å²) in [5.41, 5.74) is 0.729. The van der Waals surface area contributed by atoms with Crippen LogP contribution in [0.1, 0.15) is 31.4 Å². The molecule has 1 unspecified atom stereocenters. The summed E-state index contributed by atoms with van der Waals surface area (Å²) in [6.45, 7) is 6.55. The van der Waals surface area contributed by atoms with E-state index in [9.17, 15) is 4.39 Å². The van der Waals surface area contributed by atoms with Gasteiger partial charge in [0.05, 0.1) is 0 Å². The molecule has 0 aliphatic heterocycles. The highest BCUT2D eigenvalue weighted by atomic mass is 79.9. The van der Waals surface area contributed by atoms with Crippen LogP contribution in [0.4, 0.5) is 4.39 Å². The predicted molar refractivity (Wildman–Crippen MR) is 69.9 cm³/mol. The van der Waals surface area contributed by atoms with Gasteiger partial charge in [0, 0.05) is 16.1 Å². The molecule has 1 N–H and O–H groups in total. The minimum atomic E-state index is -0.163. The lowest BCUT2D eigenvalue weighted by molar-refractivity contribution is 0.488. The monoisotopic (exact) mass is 285 g/mol. The molecular formula is C13H17BrFN.